The molecule has 0 radical (unpaired) electrons. The van der Waals surface area contributed by atoms with E-state index in [1.54, 1.807) is 31.2 Å². The minimum absolute atomic E-state index is 0.177. The van der Waals surface area contributed by atoms with Crippen LogP contribution >= 0.6 is 11.6 Å². The van der Waals surface area contributed by atoms with Crippen molar-refractivity contribution >= 4 is 39.1 Å². The number of hydrogen-bond donors (Lipinski definition) is 2. The molecule has 11 heteroatoms. The van der Waals surface area contributed by atoms with Crippen LogP contribution in [0, 0.1) is 12.7 Å². The second-order valence-electron chi connectivity index (χ2n) is 6.76. The van der Waals surface area contributed by atoms with Crippen LogP contribution in [0.25, 0.3) is 11.3 Å². The number of carbonyl (C=O) groups excluding carboxylic acids is 1. The van der Waals surface area contributed by atoms with E-state index in [4.69, 9.17) is 20.9 Å². The van der Waals surface area contributed by atoms with Crippen LogP contribution in [-0.2, 0) is 14.8 Å². The Labute approximate surface area is 183 Å². The van der Waals surface area contributed by atoms with Crippen molar-refractivity contribution in [3.63, 3.8) is 0 Å². The van der Waals surface area contributed by atoms with Crippen LogP contribution in [0.1, 0.15) is 24.3 Å². The minimum Gasteiger partial charge on any atom is -0.441 e. The van der Waals surface area contributed by atoms with E-state index in [0.29, 0.717) is 16.9 Å². The zero-order valence-electron chi connectivity index (χ0n) is 16.8. The predicted molar refractivity (Wildman–Crippen MR) is 115 cm³/mol. The molecule has 1 unspecified atom stereocenters. The number of aryl methyl sites for hydroxylation is 1. The number of rotatable bonds is 6. The quantitative estimate of drug-likeness (QED) is 0.520. The number of ether oxygens (including phenoxy) is 1. The van der Waals surface area contributed by atoms with Gasteiger partial charge in [-0.25, -0.2) is 17.6 Å². The fraction of sp³-hybridized carbons (Fsp3) is 0.200. The Balaban J connectivity index is 1.75. The van der Waals surface area contributed by atoms with Gasteiger partial charge < -0.3 is 9.26 Å². The molecule has 31 heavy (non-hydrogen) atoms. The Bertz CT molecular complexity index is 1210. The van der Waals surface area contributed by atoms with Crippen LogP contribution in [0.3, 0.4) is 0 Å². The molecule has 0 aliphatic carbocycles. The highest BCUT2D eigenvalue weighted by Crippen LogP contribution is 2.32. The summed E-state index contributed by atoms with van der Waals surface area (Å²) < 4.78 is 49.6. The van der Waals surface area contributed by atoms with Gasteiger partial charge in [-0.3, -0.25) is 10.0 Å². The molecule has 0 saturated heterocycles. The van der Waals surface area contributed by atoms with Crippen LogP contribution in [0.2, 0.25) is 5.02 Å². The van der Waals surface area contributed by atoms with Crippen LogP contribution in [0.5, 0.6) is 0 Å². The van der Waals surface area contributed by atoms with Gasteiger partial charge in [-0.1, -0.05) is 22.8 Å². The third-order valence-electron chi connectivity index (χ3n) is 4.22. The molecule has 0 fully saturated rings. The SMILES string of the molecule is Cc1noc(-c2ccc(NS(C)(=O)=O)cc2)c1NC(=O)OC(C)c1ccc(Cl)cc1F. The van der Waals surface area contributed by atoms with E-state index in [9.17, 15) is 17.6 Å². The predicted octanol–water partition coefficient (Wildman–Crippen LogP) is 5.12. The molecule has 0 bridgehead atoms. The number of hydrogen-bond acceptors (Lipinski definition) is 6. The van der Waals surface area contributed by atoms with Gasteiger partial charge in [0.15, 0.2) is 5.76 Å². The zero-order chi connectivity index (χ0) is 22.8. The highest BCUT2D eigenvalue weighted by Gasteiger charge is 2.21. The first-order valence-electron chi connectivity index (χ1n) is 9.00. The second-order valence-corrected chi connectivity index (χ2v) is 8.95. The van der Waals surface area contributed by atoms with E-state index in [1.807, 2.05) is 0 Å². The molecule has 0 spiro atoms. The Morgan fingerprint density at radius 1 is 1.23 bits per heavy atom. The lowest BCUT2D eigenvalue weighted by Gasteiger charge is -2.15. The molecule has 3 aromatic rings. The van der Waals surface area contributed by atoms with Gasteiger partial charge in [-0.2, -0.15) is 0 Å². The number of halogens is 2. The van der Waals surface area contributed by atoms with Crippen molar-refractivity contribution in [3.05, 3.63) is 64.6 Å². The summed E-state index contributed by atoms with van der Waals surface area (Å²) in [6, 6.07) is 10.4. The van der Waals surface area contributed by atoms with Crippen LogP contribution < -0.4 is 10.0 Å². The standard InChI is InChI=1S/C20H19ClFN3O5S/c1-11-18(23-20(26)29-12(2)16-9-6-14(21)10-17(16)22)19(30-24-11)13-4-7-15(8-5-13)25-31(3,27)28/h4-10,12,25H,1-3H3,(H,23,26). The third-order valence-corrected chi connectivity index (χ3v) is 5.07. The lowest BCUT2D eigenvalue weighted by Crippen LogP contribution is -2.17. The number of amides is 1. The summed E-state index contributed by atoms with van der Waals surface area (Å²) in [6.07, 6.45) is -0.655. The number of carbonyl (C=O) groups is 1. The third kappa shape index (κ3) is 5.74. The topological polar surface area (TPSA) is 111 Å². The van der Waals surface area contributed by atoms with Crippen molar-refractivity contribution in [2.75, 3.05) is 16.3 Å². The van der Waals surface area contributed by atoms with Crippen molar-refractivity contribution < 1.29 is 26.9 Å². The maximum atomic E-state index is 14.0. The summed E-state index contributed by atoms with van der Waals surface area (Å²) in [5.74, 6) is -0.330. The molecule has 8 nitrogen and oxygen atoms in total. The molecule has 1 aromatic heterocycles. The largest absolute Gasteiger partial charge is 0.441 e. The Hall–Kier alpha value is -3.11. The number of aromatic nitrogens is 1. The van der Waals surface area contributed by atoms with Crippen molar-refractivity contribution in [2.45, 2.75) is 20.0 Å². The van der Waals surface area contributed by atoms with Crippen LogP contribution in [-0.4, -0.2) is 25.9 Å². The summed E-state index contributed by atoms with van der Waals surface area (Å²) in [7, 11) is -3.41. The summed E-state index contributed by atoms with van der Waals surface area (Å²) in [5.41, 5.74) is 1.77. The Kier molecular flexibility index (Phi) is 6.51. The minimum atomic E-state index is -3.41. The molecule has 1 atom stereocenters. The van der Waals surface area contributed by atoms with Gasteiger partial charge in [0.2, 0.25) is 10.0 Å². The first-order valence-corrected chi connectivity index (χ1v) is 11.3. The normalized spacial score (nSPS) is 12.3. The molecule has 0 aliphatic heterocycles. The van der Waals surface area contributed by atoms with E-state index < -0.39 is 28.0 Å². The van der Waals surface area contributed by atoms with Crippen molar-refractivity contribution in [1.82, 2.24) is 5.16 Å². The Morgan fingerprint density at radius 2 is 1.90 bits per heavy atom. The lowest BCUT2D eigenvalue weighted by atomic mass is 10.1. The summed E-state index contributed by atoms with van der Waals surface area (Å²) in [6.45, 7) is 3.16. The smallest absolute Gasteiger partial charge is 0.412 e. The average molecular weight is 468 g/mol. The summed E-state index contributed by atoms with van der Waals surface area (Å²) >= 11 is 5.75. The maximum absolute atomic E-state index is 14.0. The van der Waals surface area contributed by atoms with Gasteiger partial charge in [0.1, 0.15) is 23.3 Å². The summed E-state index contributed by atoms with van der Waals surface area (Å²) in [4.78, 5) is 12.4. The molecular formula is C20H19ClFN3O5S. The van der Waals surface area contributed by atoms with Gasteiger partial charge in [-0.05, 0) is 50.2 Å². The molecule has 1 heterocycles. The second kappa shape index (κ2) is 8.94. The molecule has 1 amide bonds. The fourth-order valence-electron chi connectivity index (χ4n) is 2.80. The van der Waals surface area contributed by atoms with E-state index in [2.05, 4.69) is 15.2 Å². The van der Waals surface area contributed by atoms with Crippen molar-refractivity contribution in [3.8, 4) is 11.3 Å². The van der Waals surface area contributed by atoms with Gasteiger partial charge in [0.25, 0.3) is 0 Å². The average Bonchev–Trinajstić information content (AvgIpc) is 3.01. The first-order chi connectivity index (χ1) is 14.5. The summed E-state index contributed by atoms with van der Waals surface area (Å²) in [5, 5.41) is 6.66. The van der Waals surface area contributed by atoms with E-state index in [-0.39, 0.29) is 22.0 Å². The van der Waals surface area contributed by atoms with E-state index >= 15 is 0 Å². The number of sulfonamides is 1. The van der Waals surface area contributed by atoms with Gasteiger partial charge >= 0.3 is 6.09 Å². The zero-order valence-corrected chi connectivity index (χ0v) is 18.3. The molecule has 164 valence electrons. The lowest BCUT2D eigenvalue weighted by molar-refractivity contribution is 0.119. The van der Waals surface area contributed by atoms with Crippen molar-refractivity contribution in [2.24, 2.45) is 0 Å². The maximum Gasteiger partial charge on any atom is 0.412 e. The molecule has 0 aliphatic rings. The molecule has 3 rings (SSSR count). The van der Waals surface area contributed by atoms with E-state index in [1.165, 1.54) is 19.1 Å². The first kappa shape index (κ1) is 22.6. The van der Waals surface area contributed by atoms with Crippen LogP contribution in [0.4, 0.5) is 20.6 Å². The fourth-order valence-corrected chi connectivity index (χ4v) is 3.53. The number of benzene rings is 2. The Morgan fingerprint density at radius 3 is 2.52 bits per heavy atom. The number of nitrogens with zero attached hydrogens (tertiary/aromatic N) is 1. The van der Waals surface area contributed by atoms with Gasteiger partial charge in [-0.15, -0.1) is 0 Å². The molecule has 2 aromatic carbocycles. The van der Waals surface area contributed by atoms with E-state index in [0.717, 1.165) is 12.3 Å². The molecular weight excluding hydrogens is 449 g/mol. The molecule has 0 saturated carbocycles. The number of anilines is 2. The highest BCUT2D eigenvalue weighted by molar-refractivity contribution is 7.92. The highest BCUT2D eigenvalue weighted by atomic mass is 35.5. The van der Waals surface area contributed by atoms with Gasteiger partial charge in [0.05, 0.1) is 6.26 Å². The monoisotopic (exact) mass is 467 g/mol. The van der Waals surface area contributed by atoms with Crippen LogP contribution in [0.15, 0.2) is 47.0 Å². The number of nitrogens with one attached hydrogen (secondary N) is 2. The van der Waals surface area contributed by atoms with Gasteiger partial charge in [0, 0.05) is 21.8 Å². The molecule has 2 N–H and O–H groups in total. The van der Waals surface area contributed by atoms with Crippen molar-refractivity contribution in [1.29, 1.82) is 0 Å².